The van der Waals surface area contributed by atoms with E-state index in [2.05, 4.69) is 15.1 Å². The third-order valence-corrected chi connectivity index (χ3v) is 4.05. The van der Waals surface area contributed by atoms with Gasteiger partial charge in [0.1, 0.15) is 11.5 Å². The molecule has 9 heteroatoms. The molecule has 1 N–H and O–H groups in total. The number of benzene rings is 1. The van der Waals surface area contributed by atoms with Gasteiger partial charge in [-0.25, -0.2) is 14.6 Å². The highest BCUT2D eigenvalue weighted by atomic mass is 32.2. The molecule has 1 aromatic carbocycles. The lowest BCUT2D eigenvalue weighted by molar-refractivity contribution is 0.101. The van der Waals surface area contributed by atoms with Crippen LogP contribution >= 0.6 is 0 Å². The number of ketones is 1. The highest BCUT2D eigenvalue weighted by Crippen LogP contribution is 2.26. The number of carbonyl (C=O) groups excluding carboxylic acids is 1. The van der Waals surface area contributed by atoms with Crippen molar-refractivity contribution < 1.29 is 17.8 Å². The highest BCUT2D eigenvalue weighted by molar-refractivity contribution is 7.84. The van der Waals surface area contributed by atoms with Crippen LogP contribution in [0.3, 0.4) is 0 Å². The first-order valence-corrected chi connectivity index (χ1v) is 8.61. The largest absolute Gasteiger partial charge is 0.293 e. The van der Waals surface area contributed by atoms with E-state index in [9.17, 15) is 13.2 Å². The summed E-state index contributed by atoms with van der Waals surface area (Å²) in [6, 6.07) is 5.13. The number of hydrogen-bond acceptors (Lipinski definition) is 6. The topological polar surface area (TPSA) is 115 Å². The smallest absolute Gasteiger partial charge is 0.285 e. The van der Waals surface area contributed by atoms with Crippen molar-refractivity contribution in [3.05, 3.63) is 42.1 Å². The minimum atomic E-state index is -4.28. The summed E-state index contributed by atoms with van der Waals surface area (Å²) in [6.07, 6.45) is 3.33. The standard InChI is InChI=1S/C15H14N4O4S/c1-9(20)15-13-5-11(12-6-16-10(2)17-7-12)3-4-14(13)19(18-15)8-24(21,22)23/h3-7H,8H2,1-2H3,(H,21,22,23). The van der Waals surface area contributed by atoms with Crippen molar-refractivity contribution in [3.8, 4) is 11.1 Å². The number of aromatic nitrogens is 4. The van der Waals surface area contributed by atoms with Crippen molar-refractivity contribution in [1.82, 2.24) is 19.7 Å². The Labute approximate surface area is 137 Å². The third-order valence-electron chi connectivity index (χ3n) is 3.48. The normalized spacial score (nSPS) is 11.8. The van der Waals surface area contributed by atoms with Crippen molar-refractivity contribution in [3.63, 3.8) is 0 Å². The quantitative estimate of drug-likeness (QED) is 0.566. The number of aryl methyl sites for hydroxylation is 1. The molecule has 0 saturated heterocycles. The van der Waals surface area contributed by atoms with Gasteiger partial charge in [0.05, 0.1) is 5.52 Å². The summed E-state index contributed by atoms with van der Waals surface area (Å²) in [7, 11) is -4.28. The maximum Gasteiger partial charge on any atom is 0.285 e. The van der Waals surface area contributed by atoms with Gasteiger partial charge in [-0.05, 0) is 24.6 Å². The van der Waals surface area contributed by atoms with Crippen LogP contribution in [0.4, 0.5) is 0 Å². The van der Waals surface area contributed by atoms with Gasteiger partial charge in [0, 0.05) is 30.3 Å². The SMILES string of the molecule is CC(=O)c1nn(CS(=O)(=O)O)c2ccc(-c3cnc(C)nc3)cc12. The van der Waals surface area contributed by atoms with Gasteiger partial charge in [-0.2, -0.15) is 13.5 Å². The number of rotatable bonds is 4. The molecule has 0 atom stereocenters. The molecule has 124 valence electrons. The van der Waals surface area contributed by atoms with Gasteiger partial charge in [-0.15, -0.1) is 0 Å². The van der Waals surface area contributed by atoms with Crippen molar-refractivity contribution in [2.45, 2.75) is 19.7 Å². The zero-order valence-electron chi connectivity index (χ0n) is 13.0. The number of nitrogens with zero attached hydrogens (tertiary/aromatic N) is 4. The summed E-state index contributed by atoms with van der Waals surface area (Å²) in [6.45, 7) is 3.13. The molecule has 0 amide bonds. The highest BCUT2D eigenvalue weighted by Gasteiger charge is 2.18. The second-order valence-electron chi connectivity index (χ2n) is 5.37. The van der Waals surface area contributed by atoms with Crippen LogP contribution in [0.2, 0.25) is 0 Å². The first kappa shape index (κ1) is 16.2. The predicted molar refractivity (Wildman–Crippen MR) is 87.0 cm³/mol. The van der Waals surface area contributed by atoms with Crippen LogP contribution in [0.1, 0.15) is 23.2 Å². The maximum atomic E-state index is 11.8. The Morgan fingerprint density at radius 2 is 1.88 bits per heavy atom. The molecule has 0 bridgehead atoms. The lowest BCUT2D eigenvalue weighted by atomic mass is 10.0. The zero-order valence-corrected chi connectivity index (χ0v) is 13.8. The Bertz CT molecular complexity index is 1040. The number of fused-ring (bicyclic) bond motifs is 1. The molecular formula is C15H14N4O4S. The molecule has 0 fully saturated rings. The lowest BCUT2D eigenvalue weighted by Gasteiger charge is -2.03. The van der Waals surface area contributed by atoms with Crippen LogP contribution < -0.4 is 0 Å². The first-order valence-electron chi connectivity index (χ1n) is 7.00. The minimum absolute atomic E-state index is 0.142. The number of hydrogen-bond donors (Lipinski definition) is 1. The summed E-state index contributed by atoms with van der Waals surface area (Å²) in [5.41, 5.74) is 2.12. The van der Waals surface area contributed by atoms with Crippen molar-refractivity contribution >= 4 is 26.8 Å². The van der Waals surface area contributed by atoms with E-state index >= 15 is 0 Å². The van der Waals surface area contributed by atoms with E-state index in [0.717, 1.165) is 15.8 Å². The van der Waals surface area contributed by atoms with Crippen LogP contribution in [0.5, 0.6) is 0 Å². The van der Waals surface area contributed by atoms with Gasteiger partial charge in [0.25, 0.3) is 10.1 Å². The molecule has 0 aliphatic rings. The number of carbonyl (C=O) groups is 1. The molecule has 3 rings (SSSR count). The summed E-state index contributed by atoms with van der Waals surface area (Å²) >= 11 is 0. The summed E-state index contributed by atoms with van der Waals surface area (Å²) in [4.78, 5) is 20.1. The molecular weight excluding hydrogens is 332 g/mol. The average molecular weight is 346 g/mol. The Kier molecular flexibility index (Phi) is 3.90. The van der Waals surface area contributed by atoms with Crippen LogP contribution in [0, 0.1) is 6.92 Å². The minimum Gasteiger partial charge on any atom is -0.293 e. The van der Waals surface area contributed by atoms with Gasteiger partial charge in [0.2, 0.25) is 0 Å². The second kappa shape index (κ2) is 5.77. The molecule has 0 radical (unpaired) electrons. The first-order chi connectivity index (χ1) is 11.2. The summed E-state index contributed by atoms with van der Waals surface area (Å²) < 4.78 is 32.4. The van der Waals surface area contributed by atoms with Gasteiger partial charge in [0.15, 0.2) is 11.7 Å². The van der Waals surface area contributed by atoms with Gasteiger partial charge < -0.3 is 0 Å². The molecule has 2 aromatic heterocycles. The van der Waals surface area contributed by atoms with E-state index < -0.39 is 16.0 Å². The second-order valence-corrected chi connectivity index (χ2v) is 6.79. The van der Waals surface area contributed by atoms with E-state index in [4.69, 9.17) is 4.55 Å². The Hall–Kier alpha value is -2.65. The fraction of sp³-hybridized carbons (Fsp3) is 0.200. The predicted octanol–water partition coefficient (Wildman–Crippen LogP) is 1.85. The summed E-state index contributed by atoms with van der Waals surface area (Å²) in [5.74, 6) is -0.374. The molecule has 0 aliphatic carbocycles. The van der Waals surface area contributed by atoms with Crippen LogP contribution in [0.25, 0.3) is 22.0 Å². The zero-order chi connectivity index (χ0) is 17.5. The molecule has 0 aliphatic heterocycles. The molecule has 0 unspecified atom stereocenters. The molecule has 3 aromatic rings. The van der Waals surface area contributed by atoms with E-state index in [1.165, 1.54) is 6.92 Å². The molecule has 0 spiro atoms. The van der Waals surface area contributed by atoms with Crippen LogP contribution in [-0.2, 0) is 16.0 Å². The monoisotopic (exact) mass is 346 g/mol. The number of Topliss-reactive ketones (excluding diaryl/α,β-unsaturated/α-hetero) is 1. The Morgan fingerprint density at radius 3 is 2.46 bits per heavy atom. The van der Waals surface area contributed by atoms with Crippen molar-refractivity contribution in [1.29, 1.82) is 0 Å². The molecule has 24 heavy (non-hydrogen) atoms. The fourth-order valence-corrected chi connectivity index (χ4v) is 2.92. The molecule has 8 nitrogen and oxygen atoms in total. The van der Waals surface area contributed by atoms with Crippen LogP contribution in [-0.4, -0.2) is 38.5 Å². The Morgan fingerprint density at radius 1 is 1.21 bits per heavy atom. The third kappa shape index (κ3) is 3.17. The van der Waals surface area contributed by atoms with Crippen molar-refractivity contribution in [2.75, 3.05) is 0 Å². The van der Waals surface area contributed by atoms with E-state index in [1.807, 2.05) is 0 Å². The van der Waals surface area contributed by atoms with Crippen molar-refractivity contribution in [2.24, 2.45) is 0 Å². The van der Waals surface area contributed by atoms with Gasteiger partial charge in [-0.1, -0.05) is 6.07 Å². The average Bonchev–Trinajstić information content (AvgIpc) is 2.84. The molecule has 0 saturated carbocycles. The van der Waals surface area contributed by atoms with Gasteiger partial charge >= 0.3 is 0 Å². The molecule has 2 heterocycles. The maximum absolute atomic E-state index is 11.8. The van der Waals surface area contributed by atoms with Crippen LogP contribution in [0.15, 0.2) is 30.6 Å². The fourth-order valence-electron chi connectivity index (χ4n) is 2.41. The summed E-state index contributed by atoms with van der Waals surface area (Å²) in [5, 5.41) is 4.52. The Balaban J connectivity index is 2.19. The lowest BCUT2D eigenvalue weighted by Crippen LogP contribution is -2.11. The van der Waals surface area contributed by atoms with E-state index in [1.54, 1.807) is 37.5 Å². The van der Waals surface area contributed by atoms with Gasteiger partial charge in [-0.3, -0.25) is 9.35 Å². The van der Waals surface area contributed by atoms with E-state index in [0.29, 0.717) is 16.7 Å². The van der Waals surface area contributed by atoms with E-state index in [-0.39, 0.29) is 11.5 Å².